The Morgan fingerprint density at radius 1 is 0.793 bits per heavy atom. The molecule has 4 nitrogen and oxygen atoms in total. The maximum absolute atomic E-state index is 6.22. The number of fused-ring (bicyclic) bond motifs is 1. The van der Waals surface area contributed by atoms with Gasteiger partial charge in [0.15, 0.2) is 11.5 Å². The molecule has 0 aromatic rings. The highest BCUT2D eigenvalue weighted by Gasteiger charge is 2.34. The predicted molar refractivity (Wildman–Crippen MR) is 131 cm³/mol. The third-order valence-corrected chi connectivity index (χ3v) is 7.54. The van der Waals surface area contributed by atoms with Crippen LogP contribution in [0.15, 0.2) is 32.5 Å². The molecule has 2 aliphatic heterocycles. The van der Waals surface area contributed by atoms with Crippen molar-refractivity contribution in [2.24, 2.45) is 0 Å². The Bertz CT molecular complexity index is 593. The minimum Gasteiger partial charge on any atom is -0.488 e. The molecule has 2 heterocycles. The molecule has 0 bridgehead atoms. The zero-order valence-corrected chi connectivity index (χ0v) is 21.9. The fourth-order valence-corrected chi connectivity index (χ4v) is 5.39. The third kappa shape index (κ3) is 8.06. The fourth-order valence-electron chi connectivity index (χ4n) is 3.31. The van der Waals surface area contributed by atoms with Crippen molar-refractivity contribution in [2.45, 2.75) is 90.9 Å². The quantitative estimate of drug-likeness (QED) is 0.119. The maximum Gasteiger partial charge on any atom is 0.194 e. The van der Waals surface area contributed by atoms with Crippen molar-refractivity contribution in [3.8, 4) is 0 Å². The normalized spacial score (nSPS) is 16.1. The molecular formula is C22H36Br2N2O2S. The van der Waals surface area contributed by atoms with Gasteiger partial charge in [0, 0.05) is 6.20 Å². The molecule has 2 rings (SSSR count). The lowest BCUT2D eigenvalue weighted by molar-refractivity contribution is 0.139. The Hall–Kier alpha value is -0.270. The van der Waals surface area contributed by atoms with Crippen molar-refractivity contribution < 1.29 is 9.47 Å². The van der Waals surface area contributed by atoms with E-state index in [-0.39, 0.29) is 0 Å². The number of hydrogen-bond donors (Lipinski definition) is 1. The van der Waals surface area contributed by atoms with E-state index in [1.807, 2.05) is 6.20 Å². The summed E-state index contributed by atoms with van der Waals surface area (Å²) in [5, 5.41) is 0. The van der Waals surface area contributed by atoms with Crippen LogP contribution < -0.4 is 4.72 Å². The lowest BCUT2D eigenvalue weighted by Crippen LogP contribution is -2.20. The molecule has 2 aliphatic rings. The third-order valence-electron chi connectivity index (χ3n) is 5.04. The molecule has 0 unspecified atom stereocenters. The average Bonchev–Trinajstić information content (AvgIpc) is 3.22. The molecule has 29 heavy (non-hydrogen) atoms. The van der Waals surface area contributed by atoms with Crippen LogP contribution in [0.2, 0.25) is 0 Å². The van der Waals surface area contributed by atoms with Crippen LogP contribution in [0.5, 0.6) is 0 Å². The molecule has 0 spiro atoms. The van der Waals surface area contributed by atoms with E-state index < -0.39 is 0 Å². The van der Waals surface area contributed by atoms with Crippen LogP contribution in [0.25, 0.3) is 0 Å². The molecule has 0 saturated carbocycles. The van der Waals surface area contributed by atoms with Gasteiger partial charge < -0.3 is 14.2 Å². The summed E-state index contributed by atoms with van der Waals surface area (Å²) in [6.45, 7) is 5.93. The van der Waals surface area contributed by atoms with E-state index in [9.17, 15) is 0 Å². The first-order chi connectivity index (χ1) is 14.2. The van der Waals surface area contributed by atoms with Gasteiger partial charge in [-0.05, 0) is 44.7 Å². The fraction of sp³-hybridized carbons (Fsp3) is 0.727. The van der Waals surface area contributed by atoms with E-state index in [2.05, 4.69) is 54.7 Å². The zero-order valence-electron chi connectivity index (χ0n) is 17.9. The average molecular weight is 552 g/mol. The number of halogens is 2. The van der Waals surface area contributed by atoms with Crippen LogP contribution in [0.1, 0.15) is 90.9 Å². The number of hydrogen-bond acceptors (Lipinski definition) is 5. The van der Waals surface area contributed by atoms with Gasteiger partial charge in [0.05, 0.1) is 35.5 Å². The van der Waals surface area contributed by atoms with Crippen LogP contribution in [-0.4, -0.2) is 17.5 Å². The molecule has 0 saturated heterocycles. The number of nitrogens with zero attached hydrogens (tertiary/aromatic N) is 1. The minimum atomic E-state index is 0.714. The Morgan fingerprint density at radius 2 is 1.31 bits per heavy atom. The predicted octanol–water partition coefficient (Wildman–Crippen LogP) is 8.23. The minimum absolute atomic E-state index is 0.714. The van der Waals surface area contributed by atoms with E-state index in [1.54, 1.807) is 0 Å². The highest BCUT2D eigenvalue weighted by molar-refractivity contribution is 9.12. The lowest BCUT2D eigenvalue weighted by Gasteiger charge is -2.28. The van der Waals surface area contributed by atoms with Gasteiger partial charge in [-0.1, -0.05) is 78.1 Å². The number of ether oxygens (including phenoxy) is 2. The smallest absolute Gasteiger partial charge is 0.194 e. The highest BCUT2D eigenvalue weighted by atomic mass is 79.9. The Balaban J connectivity index is 1.87. The number of nitrogens with one attached hydrogen (secondary N) is 1. The molecule has 0 radical (unpaired) electrons. The highest BCUT2D eigenvalue weighted by Crippen LogP contribution is 2.46. The molecule has 0 amide bonds. The largest absolute Gasteiger partial charge is 0.488 e. The molecule has 1 N–H and O–H groups in total. The van der Waals surface area contributed by atoms with Gasteiger partial charge in [-0.2, -0.15) is 0 Å². The van der Waals surface area contributed by atoms with Crippen LogP contribution in [0.4, 0.5) is 0 Å². The first-order valence-corrected chi connectivity index (χ1v) is 13.5. The van der Waals surface area contributed by atoms with Crippen LogP contribution in [-0.2, 0) is 9.47 Å². The Labute approximate surface area is 198 Å². The van der Waals surface area contributed by atoms with Gasteiger partial charge in [-0.15, -0.1) is 0 Å². The molecule has 0 aliphatic carbocycles. The van der Waals surface area contributed by atoms with E-state index in [1.165, 1.54) is 76.3 Å². The number of unbranched alkanes of at least 4 members (excludes halogenated alkanes) is 10. The summed E-state index contributed by atoms with van der Waals surface area (Å²) >= 11 is 8.99. The van der Waals surface area contributed by atoms with Gasteiger partial charge in [-0.25, -0.2) is 0 Å². The molecule has 166 valence electrons. The summed E-state index contributed by atoms with van der Waals surface area (Å²) < 4.78 is 19.6. The zero-order chi connectivity index (χ0) is 20.9. The van der Waals surface area contributed by atoms with Crippen molar-refractivity contribution in [2.75, 3.05) is 13.2 Å². The summed E-state index contributed by atoms with van der Waals surface area (Å²) in [4.78, 5) is 0. The van der Waals surface area contributed by atoms with Crippen molar-refractivity contribution >= 4 is 44.0 Å². The summed E-state index contributed by atoms with van der Waals surface area (Å²) in [5.41, 5.74) is 1.05. The van der Waals surface area contributed by atoms with E-state index >= 15 is 0 Å². The first kappa shape index (κ1) is 25.0. The topological polar surface area (TPSA) is 33.7 Å². The van der Waals surface area contributed by atoms with E-state index in [0.717, 1.165) is 39.1 Å². The van der Waals surface area contributed by atoms with Gasteiger partial charge in [0.1, 0.15) is 4.61 Å². The van der Waals surface area contributed by atoms with E-state index in [0.29, 0.717) is 13.2 Å². The van der Waals surface area contributed by atoms with Crippen LogP contribution >= 0.6 is 44.0 Å². The summed E-state index contributed by atoms with van der Waals surface area (Å²) in [6.07, 6.45) is 17.0. The SMILES string of the molecule is CCCCCCCCOC1=C(Br)C2=CNSN2C(Br)=C1OCCCCCCCC. The Morgan fingerprint density at radius 3 is 1.90 bits per heavy atom. The van der Waals surface area contributed by atoms with Gasteiger partial charge >= 0.3 is 0 Å². The molecular weight excluding hydrogens is 516 g/mol. The number of allylic oxidation sites excluding steroid dienone is 1. The van der Waals surface area contributed by atoms with Crippen molar-refractivity contribution in [1.29, 1.82) is 0 Å². The van der Waals surface area contributed by atoms with Crippen molar-refractivity contribution in [1.82, 2.24) is 9.03 Å². The summed E-state index contributed by atoms with van der Waals surface area (Å²) in [7, 11) is 0. The van der Waals surface area contributed by atoms with Crippen LogP contribution in [0, 0.1) is 0 Å². The van der Waals surface area contributed by atoms with E-state index in [4.69, 9.17) is 9.47 Å². The summed E-state index contributed by atoms with van der Waals surface area (Å²) in [6, 6.07) is 0. The van der Waals surface area contributed by atoms with Gasteiger partial charge in [0.25, 0.3) is 0 Å². The second kappa shape index (κ2) is 14.7. The van der Waals surface area contributed by atoms with Gasteiger partial charge in [-0.3, -0.25) is 4.31 Å². The standard InChI is InChI=1S/C22H36Br2N2O2S/c1-3-5-7-9-11-13-15-27-20-19(23)18-17-25-29-26(18)22(24)21(20)28-16-14-12-10-8-6-4-2/h17,25H,3-16H2,1-2H3. The second-order valence-corrected chi connectivity index (χ2v) is 9.86. The Kier molecular flexibility index (Phi) is 12.7. The van der Waals surface area contributed by atoms with Crippen molar-refractivity contribution in [3.63, 3.8) is 0 Å². The number of rotatable bonds is 16. The second-order valence-electron chi connectivity index (χ2n) is 7.53. The summed E-state index contributed by atoms with van der Waals surface area (Å²) in [5.74, 6) is 1.60. The maximum atomic E-state index is 6.22. The molecule has 0 fully saturated rings. The van der Waals surface area contributed by atoms with Gasteiger partial charge in [0.2, 0.25) is 0 Å². The molecule has 0 aromatic carbocycles. The molecule has 7 heteroatoms. The molecule has 0 aromatic heterocycles. The van der Waals surface area contributed by atoms with Crippen molar-refractivity contribution in [3.05, 3.63) is 32.5 Å². The monoisotopic (exact) mass is 550 g/mol. The first-order valence-electron chi connectivity index (χ1n) is 11.2. The molecule has 0 atom stereocenters. The van der Waals surface area contributed by atoms with Crippen LogP contribution in [0.3, 0.4) is 0 Å². The lowest BCUT2D eigenvalue weighted by atomic mass is 10.1.